The molecule has 2 rings (SSSR count). The van der Waals surface area contributed by atoms with Crippen LogP contribution in [0.3, 0.4) is 0 Å². The normalized spacial score (nSPS) is 12.0. The summed E-state index contributed by atoms with van der Waals surface area (Å²) in [7, 11) is 1.64. The Bertz CT molecular complexity index is 589. The van der Waals surface area contributed by atoms with E-state index in [1.54, 1.807) is 19.2 Å². The van der Waals surface area contributed by atoms with E-state index < -0.39 is 0 Å². The van der Waals surface area contributed by atoms with Gasteiger partial charge in [-0.15, -0.1) is 0 Å². The van der Waals surface area contributed by atoms with Crippen LogP contribution in [0.4, 0.5) is 0 Å². The van der Waals surface area contributed by atoms with E-state index in [2.05, 4.69) is 15.9 Å². The molecular weight excluding hydrogens is 354 g/mol. The molecular formula is C16H17BrClNO2. The van der Waals surface area contributed by atoms with Crippen LogP contribution >= 0.6 is 27.5 Å². The van der Waals surface area contributed by atoms with Crippen LogP contribution in [-0.2, 0) is 6.42 Å². The third kappa shape index (κ3) is 4.92. The molecule has 1 unspecified atom stereocenters. The molecule has 3 nitrogen and oxygen atoms in total. The average Bonchev–Trinajstić information content (AvgIpc) is 2.47. The van der Waals surface area contributed by atoms with Crippen LogP contribution in [-0.4, -0.2) is 19.8 Å². The van der Waals surface area contributed by atoms with E-state index in [0.717, 1.165) is 28.0 Å². The predicted octanol–water partition coefficient (Wildman–Crippen LogP) is 4.06. The molecule has 0 aliphatic rings. The molecule has 112 valence electrons. The number of benzene rings is 2. The summed E-state index contributed by atoms with van der Waals surface area (Å²) in [6.45, 7) is 0.450. The lowest BCUT2D eigenvalue weighted by Gasteiger charge is -2.14. The zero-order valence-corrected chi connectivity index (χ0v) is 14.0. The van der Waals surface area contributed by atoms with Gasteiger partial charge in [0.1, 0.15) is 18.1 Å². The highest BCUT2D eigenvalue weighted by molar-refractivity contribution is 9.10. The largest absolute Gasteiger partial charge is 0.496 e. The Balaban J connectivity index is 1.88. The van der Waals surface area contributed by atoms with Gasteiger partial charge in [-0.2, -0.15) is 0 Å². The Morgan fingerprint density at radius 3 is 2.52 bits per heavy atom. The highest BCUT2D eigenvalue weighted by Crippen LogP contribution is 2.26. The molecule has 2 aromatic carbocycles. The van der Waals surface area contributed by atoms with Gasteiger partial charge in [-0.3, -0.25) is 0 Å². The second-order valence-electron chi connectivity index (χ2n) is 4.70. The minimum Gasteiger partial charge on any atom is -0.496 e. The third-order valence-electron chi connectivity index (χ3n) is 2.99. The van der Waals surface area contributed by atoms with E-state index in [1.165, 1.54) is 0 Å². The summed E-state index contributed by atoms with van der Waals surface area (Å²) in [5, 5.41) is 0.690. The Morgan fingerprint density at radius 1 is 1.19 bits per heavy atom. The van der Waals surface area contributed by atoms with E-state index >= 15 is 0 Å². The number of hydrogen-bond acceptors (Lipinski definition) is 3. The molecule has 2 N–H and O–H groups in total. The van der Waals surface area contributed by atoms with Crippen LogP contribution in [0, 0.1) is 0 Å². The van der Waals surface area contributed by atoms with Crippen molar-refractivity contribution in [3.8, 4) is 11.5 Å². The van der Waals surface area contributed by atoms with Crippen molar-refractivity contribution in [2.24, 2.45) is 5.73 Å². The van der Waals surface area contributed by atoms with Crippen molar-refractivity contribution in [2.75, 3.05) is 13.7 Å². The lowest BCUT2D eigenvalue weighted by Crippen LogP contribution is -2.30. The molecule has 0 fully saturated rings. The summed E-state index contributed by atoms with van der Waals surface area (Å²) in [4.78, 5) is 0. The Labute approximate surface area is 138 Å². The predicted molar refractivity (Wildman–Crippen MR) is 89.3 cm³/mol. The molecule has 0 aromatic heterocycles. The second-order valence-corrected chi connectivity index (χ2v) is 5.99. The summed E-state index contributed by atoms with van der Waals surface area (Å²) in [5.41, 5.74) is 7.24. The molecule has 0 spiro atoms. The van der Waals surface area contributed by atoms with Gasteiger partial charge in [0.05, 0.1) is 11.6 Å². The monoisotopic (exact) mass is 369 g/mol. The van der Waals surface area contributed by atoms with E-state index in [9.17, 15) is 0 Å². The van der Waals surface area contributed by atoms with Gasteiger partial charge in [0, 0.05) is 11.1 Å². The van der Waals surface area contributed by atoms with Crippen molar-refractivity contribution in [3.63, 3.8) is 0 Å². The topological polar surface area (TPSA) is 44.5 Å². The van der Waals surface area contributed by atoms with Gasteiger partial charge < -0.3 is 15.2 Å². The van der Waals surface area contributed by atoms with Gasteiger partial charge in [-0.05, 0) is 64.3 Å². The molecule has 0 amide bonds. The molecule has 1 atom stereocenters. The molecule has 0 heterocycles. The first-order chi connectivity index (χ1) is 10.1. The zero-order valence-electron chi connectivity index (χ0n) is 11.7. The molecule has 2 aromatic rings. The van der Waals surface area contributed by atoms with Gasteiger partial charge in [-0.1, -0.05) is 17.7 Å². The van der Waals surface area contributed by atoms with Gasteiger partial charge in [0.25, 0.3) is 0 Å². The van der Waals surface area contributed by atoms with E-state index in [4.69, 9.17) is 26.8 Å². The van der Waals surface area contributed by atoms with Crippen molar-refractivity contribution in [1.29, 1.82) is 0 Å². The van der Waals surface area contributed by atoms with Crippen molar-refractivity contribution < 1.29 is 9.47 Å². The van der Waals surface area contributed by atoms with Gasteiger partial charge >= 0.3 is 0 Å². The summed E-state index contributed by atoms with van der Waals surface area (Å²) >= 11 is 9.30. The van der Waals surface area contributed by atoms with Crippen LogP contribution in [0.25, 0.3) is 0 Å². The second kappa shape index (κ2) is 7.69. The maximum absolute atomic E-state index is 6.11. The fourth-order valence-corrected chi connectivity index (χ4v) is 2.65. The van der Waals surface area contributed by atoms with Gasteiger partial charge in [0.2, 0.25) is 0 Å². The molecule has 0 aliphatic heterocycles. The van der Waals surface area contributed by atoms with E-state index in [1.807, 2.05) is 30.3 Å². The maximum Gasteiger partial charge on any atom is 0.133 e. The fraction of sp³-hybridized carbons (Fsp3) is 0.250. The first kappa shape index (κ1) is 16.1. The summed E-state index contributed by atoms with van der Waals surface area (Å²) in [5.74, 6) is 1.58. The number of methoxy groups -OCH3 is 1. The van der Waals surface area contributed by atoms with E-state index in [-0.39, 0.29) is 6.04 Å². The van der Waals surface area contributed by atoms with Crippen molar-refractivity contribution in [3.05, 3.63) is 57.5 Å². The van der Waals surface area contributed by atoms with Crippen molar-refractivity contribution in [1.82, 2.24) is 0 Å². The number of hydrogen-bond donors (Lipinski definition) is 1. The number of ether oxygens (including phenoxy) is 2. The number of rotatable bonds is 6. The quantitative estimate of drug-likeness (QED) is 0.834. The van der Waals surface area contributed by atoms with Crippen molar-refractivity contribution >= 4 is 27.5 Å². The van der Waals surface area contributed by atoms with Crippen LogP contribution in [0.5, 0.6) is 11.5 Å². The van der Waals surface area contributed by atoms with Crippen molar-refractivity contribution in [2.45, 2.75) is 12.5 Å². The third-order valence-corrected chi connectivity index (χ3v) is 3.86. The van der Waals surface area contributed by atoms with Crippen LogP contribution in [0.15, 0.2) is 46.9 Å². The standard InChI is InChI=1S/C16H17BrClNO2/c1-20-16-7-2-11(9-15(16)17)8-13(19)10-21-14-5-3-12(18)4-6-14/h2-7,9,13H,8,10,19H2,1H3. The molecule has 0 radical (unpaired) electrons. The Hall–Kier alpha value is -1.23. The first-order valence-electron chi connectivity index (χ1n) is 6.55. The summed E-state index contributed by atoms with van der Waals surface area (Å²) in [6.07, 6.45) is 0.732. The summed E-state index contributed by atoms with van der Waals surface area (Å²) < 4.78 is 11.8. The van der Waals surface area contributed by atoms with Gasteiger partial charge in [-0.25, -0.2) is 0 Å². The van der Waals surface area contributed by atoms with Gasteiger partial charge in [0.15, 0.2) is 0 Å². The highest BCUT2D eigenvalue weighted by Gasteiger charge is 2.08. The molecule has 0 bridgehead atoms. The maximum atomic E-state index is 6.11. The molecule has 0 saturated heterocycles. The molecule has 0 aliphatic carbocycles. The lowest BCUT2D eigenvalue weighted by molar-refractivity contribution is 0.287. The van der Waals surface area contributed by atoms with Crippen LogP contribution in [0.2, 0.25) is 5.02 Å². The first-order valence-corrected chi connectivity index (χ1v) is 7.72. The SMILES string of the molecule is COc1ccc(CC(N)COc2ccc(Cl)cc2)cc1Br. The highest BCUT2D eigenvalue weighted by atomic mass is 79.9. The minimum atomic E-state index is -0.0824. The zero-order chi connectivity index (χ0) is 15.2. The average molecular weight is 371 g/mol. The van der Waals surface area contributed by atoms with Crippen LogP contribution < -0.4 is 15.2 Å². The number of halogens is 2. The number of nitrogens with two attached hydrogens (primary N) is 1. The molecule has 21 heavy (non-hydrogen) atoms. The lowest BCUT2D eigenvalue weighted by atomic mass is 10.1. The Morgan fingerprint density at radius 2 is 1.90 bits per heavy atom. The smallest absolute Gasteiger partial charge is 0.133 e. The Kier molecular flexibility index (Phi) is 5.91. The van der Waals surface area contributed by atoms with Crippen LogP contribution in [0.1, 0.15) is 5.56 Å². The summed E-state index contributed by atoms with van der Waals surface area (Å²) in [6, 6.07) is 13.1. The van der Waals surface area contributed by atoms with E-state index in [0.29, 0.717) is 11.6 Å². The molecule has 5 heteroatoms. The fourth-order valence-electron chi connectivity index (χ4n) is 1.93. The molecule has 0 saturated carbocycles. The minimum absolute atomic E-state index is 0.0824.